The standard InChI is InChI=1S/C12H16BrN5O2/c1-7(2)18-6-9(3-10(18)19)16-12(20)17-11-14-4-8(13)5-15-11/h4-5,7,9H,3,6H2,1-2H3,(H2,14,15,16,17,20). The summed E-state index contributed by atoms with van der Waals surface area (Å²) in [5, 5.41) is 5.28. The van der Waals surface area contributed by atoms with E-state index in [-0.39, 0.29) is 23.9 Å². The molecule has 2 N–H and O–H groups in total. The van der Waals surface area contributed by atoms with Gasteiger partial charge in [-0.05, 0) is 29.8 Å². The van der Waals surface area contributed by atoms with Gasteiger partial charge in [0.2, 0.25) is 11.9 Å². The van der Waals surface area contributed by atoms with Crippen LogP contribution in [0.5, 0.6) is 0 Å². The van der Waals surface area contributed by atoms with Gasteiger partial charge in [-0.15, -0.1) is 0 Å². The van der Waals surface area contributed by atoms with Gasteiger partial charge in [0.05, 0.1) is 10.5 Å². The van der Waals surface area contributed by atoms with Crippen LogP contribution in [-0.2, 0) is 4.79 Å². The number of hydrogen-bond acceptors (Lipinski definition) is 4. The maximum atomic E-state index is 11.8. The third-order valence-corrected chi connectivity index (χ3v) is 3.37. The van der Waals surface area contributed by atoms with Crippen LogP contribution in [0.4, 0.5) is 10.7 Å². The number of nitrogens with one attached hydrogen (secondary N) is 2. The van der Waals surface area contributed by atoms with Crippen LogP contribution in [0.1, 0.15) is 20.3 Å². The molecule has 0 radical (unpaired) electrons. The minimum atomic E-state index is -0.407. The van der Waals surface area contributed by atoms with Crippen molar-refractivity contribution in [3.05, 3.63) is 16.9 Å². The summed E-state index contributed by atoms with van der Waals surface area (Å²) in [6, 6.07) is -0.441. The zero-order chi connectivity index (χ0) is 14.7. The Morgan fingerprint density at radius 2 is 2.10 bits per heavy atom. The summed E-state index contributed by atoms with van der Waals surface area (Å²) in [6.45, 7) is 4.44. The molecular formula is C12H16BrN5O2. The molecule has 1 aromatic heterocycles. The molecule has 8 heteroatoms. The lowest BCUT2D eigenvalue weighted by atomic mass is 10.2. The first kappa shape index (κ1) is 14.7. The molecule has 1 saturated heterocycles. The van der Waals surface area contributed by atoms with E-state index >= 15 is 0 Å². The largest absolute Gasteiger partial charge is 0.338 e. The number of likely N-dealkylation sites (tertiary alicyclic amines) is 1. The van der Waals surface area contributed by atoms with E-state index in [1.54, 1.807) is 17.3 Å². The molecule has 1 aliphatic rings. The summed E-state index contributed by atoms with van der Waals surface area (Å²) in [6.07, 6.45) is 3.41. The Labute approximate surface area is 125 Å². The van der Waals surface area contributed by atoms with Gasteiger partial charge in [-0.1, -0.05) is 0 Å². The lowest BCUT2D eigenvalue weighted by Crippen LogP contribution is -2.41. The van der Waals surface area contributed by atoms with Crippen LogP contribution in [0.2, 0.25) is 0 Å². The van der Waals surface area contributed by atoms with E-state index in [4.69, 9.17) is 0 Å². The van der Waals surface area contributed by atoms with Crippen molar-refractivity contribution in [3.8, 4) is 0 Å². The van der Waals surface area contributed by atoms with Crippen molar-refractivity contribution >= 4 is 33.8 Å². The molecule has 0 aliphatic carbocycles. The third-order valence-electron chi connectivity index (χ3n) is 2.96. The minimum absolute atomic E-state index is 0.0604. The van der Waals surface area contributed by atoms with Crippen molar-refractivity contribution in [2.75, 3.05) is 11.9 Å². The molecule has 0 saturated carbocycles. The number of anilines is 1. The first-order chi connectivity index (χ1) is 9.45. The molecule has 7 nitrogen and oxygen atoms in total. The number of hydrogen-bond donors (Lipinski definition) is 2. The van der Waals surface area contributed by atoms with Gasteiger partial charge in [0.25, 0.3) is 0 Å². The van der Waals surface area contributed by atoms with Crippen molar-refractivity contribution in [2.45, 2.75) is 32.4 Å². The maximum Gasteiger partial charge on any atom is 0.321 e. The van der Waals surface area contributed by atoms with E-state index in [1.165, 1.54) is 0 Å². The number of rotatable bonds is 3. The second kappa shape index (κ2) is 6.17. The van der Waals surface area contributed by atoms with Gasteiger partial charge in [-0.3, -0.25) is 10.1 Å². The first-order valence-corrected chi connectivity index (χ1v) is 7.09. The van der Waals surface area contributed by atoms with Crippen LogP contribution >= 0.6 is 15.9 Å². The highest BCUT2D eigenvalue weighted by atomic mass is 79.9. The van der Waals surface area contributed by atoms with Gasteiger partial charge >= 0.3 is 6.03 Å². The Bertz CT molecular complexity index is 505. The normalized spacial score (nSPS) is 18.5. The quantitative estimate of drug-likeness (QED) is 0.869. The van der Waals surface area contributed by atoms with Crippen LogP contribution in [0.15, 0.2) is 16.9 Å². The topological polar surface area (TPSA) is 87.2 Å². The molecule has 108 valence electrons. The number of halogens is 1. The second-order valence-corrected chi connectivity index (χ2v) is 5.78. The van der Waals surface area contributed by atoms with E-state index in [0.29, 0.717) is 13.0 Å². The number of aromatic nitrogens is 2. The van der Waals surface area contributed by atoms with E-state index < -0.39 is 6.03 Å². The van der Waals surface area contributed by atoms with Gasteiger partial charge in [0.1, 0.15) is 0 Å². The number of amides is 3. The molecule has 20 heavy (non-hydrogen) atoms. The van der Waals surface area contributed by atoms with Crippen LogP contribution in [-0.4, -0.2) is 45.4 Å². The fourth-order valence-corrected chi connectivity index (χ4v) is 2.23. The lowest BCUT2D eigenvalue weighted by molar-refractivity contribution is -0.129. The second-order valence-electron chi connectivity index (χ2n) is 4.86. The fourth-order valence-electron chi connectivity index (χ4n) is 2.03. The van der Waals surface area contributed by atoms with Gasteiger partial charge < -0.3 is 10.2 Å². The molecule has 1 aliphatic heterocycles. The Morgan fingerprint density at radius 3 is 2.65 bits per heavy atom. The summed E-state index contributed by atoms with van der Waals surface area (Å²) in [5.74, 6) is 0.279. The van der Waals surface area contributed by atoms with Crippen molar-refractivity contribution in [1.29, 1.82) is 0 Å². The van der Waals surface area contributed by atoms with Crippen LogP contribution in [0.3, 0.4) is 0 Å². The van der Waals surface area contributed by atoms with E-state index in [0.717, 1.165) is 4.47 Å². The molecule has 0 spiro atoms. The number of carbonyl (C=O) groups is 2. The molecule has 3 amide bonds. The zero-order valence-corrected chi connectivity index (χ0v) is 12.8. The summed E-state index contributed by atoms with van der Waals surface area (Å²) in [4.78, 5) is 33.2. The van der Waals surface area contributed by atoms with Crippen molar-refractivity contribution in [2.24, 2.45) is 0 Å². The molecule has 1 aromatic rings. The third kappa shape index (κ3) is 3.66. The van der Waals surface area contributed by atoms with E-state index in [1.807, 2.05) is 13.8 Å². The lowest BCUT2D eigenvalue weighted by Gasteiger charge is -2.21. The number of nitrogens with zero attached hydrogens (tertiary/aromatic N) is 3. The summed E-state index contributed by atoms with van der Waals surface area (Å²) < 4.78 is 0.734. The molecule has 0 bridgehead atoms. The Kier molecular flexibility index (Phi) is 4.53. The average molecular weight is 342 g/mol. The highest BCUT2D eigenvalue weighted by Crippen LogP contribution is 2.14. The highest BCUT2D eigenvalue weighted by molar-refractivity contribution is 9.10. The summed E-state index contributed by atoms with van der Waals surface area (Å²) in [7, 11) is 0. The van der Waals surface area contributed by atoms with Crippen LogP contribution in [0.25, 0.3) is 0 Å². The predicted molar refractivity (Wildman–Crippen MR) is 77.1 cm³/mol. The Balaban J connectivity index is 1.86. The maximum absolute atomic E-state index is 11.8. The van der Waals surface area contributed by atoms with Crippen molar-refractivity contribution < 1.29 is 9.59 Å². The van der Waals surface area contributed by atoms with Crippen LogP contribution in [0, 0.1) is 0 Å². The predicted octanol–water partition coefficient (Wildman–Crippen LogP) is 1.37. The van der Waals surface area contributed by atoms with Gasteiger partial charge in [0.15, 0.2) is 0 Å². The molecule has 0 aromatic carbocycles. The molecule has 1 atom stereocenters. The van der Waals surface area contributed by atoms with Gasteiger partial charge in [-0.2, -0.15) is 0 Å². The average Bonchev–Trinajstić information content (AvgIpc) is 2.73. The SMILES string of the molecule is CC(C)N1CC(NC(=O)Nc2ncc(Br)cn2)CC1=O. The smallest absolute Gasteiger partial charge is 0.321 e. The number of urea groups is 1. The van der Waals surface area contributed by atoms with Crippen molar-refractivity contribution in [3.63, 3.8) is 0 Å². The van der Waals surface area contributed by atoms with Crippen molar-refractivity contribution in [1.82, 2.24) is 20.2 Å². The molecule has 1 unspecified atom stereocenters. The highest BCUT2D eigenvalue weighted by Gasteiger charge is 2.31. The zero-order valence-electron chi connectivity index (χ0n) is 11.3. The summed E-state index contributed by atoms with van der Waals surface area (Å²) >= 11 is 3.21. The Hall–Kier alpha value is -1.70. The minimum Gasteiger partial charge on any atom is -0.338 e. The van der Waals surface area contributed by atoms with E-state index in [2.05, 4.69) is 36.5 Å². The van der Waals surface area contributed by atoms with E-state index in [9.17, 15) is 9.59 Å². The van der Waals surface area contributed by atoms with Crippen LogP contribution < -0.4 is 10.6 Å². The first-order valence-electron chi connectivity index (χ1n) is 6.30. The van der Waals surface area contributed by atoms with Gasteiger partial charge in [0, 0.05) is 31.4 Å². The fraction of sp³-hybridized carbons (Fsp3) is 0.500. The molecule has 2 rings (SSSR count). The molecule has 1 fully saturated rings. The van der Waals surface area contributed by atoms with Gasteiger partial charge in [-0.25, -0.2) is 14.8 Å². The number of carbonyl (C=O) groups excluding carboxylic acids is 2. The Morgan fingerprint density at radius 1 is 1.45 bits per heavy atom. The summed E-state index contributed by atoms with van der Waals surface area (Å²) in [5.41, 5.74) is 0. The monoisotopic (exact) mass is 341 g/mol. The molecule has 2 heterocycles. The molecular weight excluding hydrogens is 326 g/mol.